The smallest absolute Gasteiger partial charge is 0.0897 e. The van der Waals surface area contributed by atoms with E-state index in [0.29, 0.717) is 30.4 Å². The van der Waals surface area contributed by atoms with Gasteiger partial charge in [0, 0.05) is 6.54 Å². The SMILES string of the molecule is CC(C)CC(C)OCC(O)CNCC(C)C(C)(C)C. The monoisotopic (exact) mass is 273 g/mol. The molecule has 0 rings (SSSR count). The maximum Gasteiger partial charge on any atom is 0.0897 e. The maximum atomic E-state index is 9.86. The molecule has 0 aliphatic rings. The van der Waals surface area contributed by atoms with Gasteiger partial charge in [-0.3, -0.25) is 0 Å². The van der Waals surface area contributed by atoms with Crippen LogP contribution in [-0.4, -0.2) is 37.0 Å². The molecule has 0 aromatic carbocycles. The highest BCUT2D eigenvalue weighted by Crippen LogP contribution is 2.24. The summed E-state index contributed by atoms with van der Waals surface area (Å²) >= 11 is 0. The zero-order chi connectivity index (χ0) is 15.1. The van der Waals surface area contributed by atoms with Crippen LogP contribution in [0.1, 0.15) is 54.9 Å². The molecule has 0 radical (unpaired) electrons. The normalized spacial score (nSPS) is 17.5. The van der Waals surface area contributed by atoms with Crippen LogP contribution in [0.2, 0.25) is 0 Å². The molecule has 0 fully saturated rings. The molecule has 0 heterocycles. The van der Waals surface area contributed by atoms with E-state index in [1.54, 1.807) is 0 Å². The van der Waals surface area contributed by atoms with Crippen LogP contribution in [0.15, 0.2) is 0 Å². The minimum Gasteiger partial charge on any atom is -0.389 e. The number of hydrogen-bond acceptors (Lipinski definition) is 3. The molecule has 0 bridgehead atoms. The second-order valence-electron chi connectivity index (χ2n) is 7.35. The summed E-state index contributed by atoms with van der Waals surface area (Å²) in [5, 5.41) is 13.2. The zero-order valence-corrected chi connectivity index (χ0v) is 14.0. The fourth-order valence-corrected chi connectivity index (χ4v) is 1.84. The third kappa shape index (κ3) is 10.3. The fraction of sp³-hybridized carbons (Fsp3) is 1.00. The van der Waals surface area contributed by atoms with Crippen LogP contribution in [0.25, 0.3) is 0 Å². The third-order valence-corrected chi connectivity index (χ3v) is 3.69. The minimum atomic E-state index is -0.415. The van der Waals surface area contributed by atoms with Crippen LogP contribution in [0.5, 0.6) is 0 Å². The number of ether oxygens (including phenoxy) is 1. The van der Waals surface area contributed by atoms with Crippen LogP contribution < -0.4 is 5.32 Å². The molecule has 0 aliphatic carbocycles. The molecule has 0 spiro atoms. The average Bonchev–Trinajstić information content (AvgIpc) is 2.24. The lowest BCUT2D eigenvalue weighted by Crippen LogP contribution is -2.36. The van der Waals surface area contributed by atoms with E-state index in [0.717, 1.165) is 13.0 Å². The molecule has 3 unspecified atom stereocenters. The van der Waals surface area contributed by atoms with Crippen molar-refractivity contribution in [2.75, 3.05) is 19.7 Å². The first-order chi connectivity index (χ1) is 8.62. The molecule has 0 aliphatic heterocycles. The maximum absolute atomic E-state index is 9.86. The summed E-state index contributed by atoms with van der Waals surface area (Å²) < 4.78 is 5.65. The number of hydrogen-bond donors (Lipinski definition) is 2. The van der Waals surface area contributed by atoms with E-state index in [1.165, 1.54) is 0 Å². The van der Waals surface area contributed by atoms with E-state index in [-0.39, 0.29) is 6.10 Å². The Labute approximate surface area is 120 Å². The van der Waals surface area contributed by atoms with Gasteiger partial charge in [0.25, 0.3) is 0 Å². The summed E-state index contributed by atoms with van der Waals surface area (Å²) in [6, 6.07) is 0. The van der Waals surface area contributed by atoms with E-state index in [9.17, 15) is 5.11 Å². The van der Waals surface area contributed by atoms with Gasteiger partial charge in [-0.1, -0.05) is 41.5 Å². The van der Waals surface area contributed by atoms with Gasteiger partial charge >= 0.3 is 0 Å². The largest absolute Gasteiger partial charge is 0.389 e. The van der Waals surface area contributed by atoms with Crippen molar-refractivity contribution in [1.29, 1.82) is 0 Å². The summed E-state index contributed by atoms with van der Waals surface area (Å²) in [5.41, 5.74) is 0.306. The molecule has 0 amide bonds. The molecule has 3 heteroatoms. The van der Waals surface area contributed by atoms with Crippen LogP contribution >= 0.6 is 0 Å². The Bertz CT molecular complexity index is 223. The number of aliphatic hydroxyl groups is 1. The van der Waals surface area contributed by atoms with Crippen molar-refractivity contribution >= 4 is 0 Å². The lowest BCUT2D eigenvalue weighted by atomic mass is 9.82. The quantitative estimate of drug-likeness (QED) is 0.678. The first-order valence-corrected chi connectivity index (χ1v) is 7.63. The molecular formula is C16H35NO2. The summed E-state index contributed by atoms with van der Waals surface area (Å²) in [4.78, 5) is 0. The second-order valence-corrected chi connectivity index (χ2v) is 7.35. The van der Waals surface area contributed by atoms with E-state index in [4.69, 9.17) is 4.74 Å². The first kappa shape index (κ1) is 18.9. The molecular weight excluding hydrogens is 238 g/mol. The van der Waals surface area contributed by atoms with Gasteiger partial charge in [-0.15, -0.1) is 0 Å². The Kier molecular flexibility index (Phi) is 8.88. The molecule has 3 nitrogen and oxygen atoms in total. The highest BCUT2D eigenvalue weighted by molar-refractivity contribution is 4.72. The van der Waals surface area contributed by atoms with Crippen molar-refractivity contribution < 1.29 is 9.84 Å². The number of rotatable bonds is 9. The Morgan fingerprint density at radius 2 is 1.63 bits per heavy atom. The summed E-state index contributed by atoms with van der Waals surface area (Å²) in [6.45, 7) is 17.4. The molecule has 0 saturated carbocycles. The van der Waals surface area contributed by atoms with Gasteiger partial charge in [0.2, 0.25) is 0 Å². The zero-order valence-electron chi connectivity index (χ0n) is 14.0. The average molecular weight is 273 g/mol. The fourth-order valence-electron chi connectivity index (χ4n) is 1.84. The van der Waals surface area contributed by atoms with Gasteiger partial charge in [0.1, 0.15) is 0 Å². The predicted octanol–water partition coefficient (Wildman–Crippen LogP) is 3.07. The standard InChI is InChI=1S/C16H35NO2/c1-12(2)8-14(4)19-11-15(18)10-17-9-13(3)16(5,6)7/h12-15,17-18H,8-11H2,1-7H3. The van der Waals surface area contributed by atoms with Crippen molar-refractivity contribution in [3.63, 3.8) is 0 Å². The molecule has 0 aromatic heterocycles. The van der Waals surface area contributed by atoms with Crippen molar-refractivity contribution in [3.05, 3.63) is 0 Å². The van der Waals surface area contributed by atoms with E-state index < -0.39 is 6.10 Å². The highest BCUT2D eigenvalue weighted by Gasteiger charge is 2.19. The third-order valence-electron chi connectivity index (χ3n) is 3.69. The molecule has 0 saturated heterocycles. The van der Waals surface area contributed by atoms with E-state index >= 15 is 0 Å². The lowest BCUT2D eigenvalue weighted by molar-refractivity contribution is -0.00895. The van der Waals surface area contributed by atoms with Crippen molar-refractivity contribution in [3.8, 4) is 0 Å². The molecule has 19 heavy (non-hydrogen) atoms. The van der Waals surface area contributed by atoms with Crippen LogP contribution in [0.3, 0.4) is 0 Å². The summed E-state index contributed by atoms with van der Waals surface area (Å²) in [5.74, 6) is 1.22. The number of nitrogens with one attached hydrogen (secondary N) is 1. The molecule has 2 N–H and O–H groups in total. The van der Waals surface area contributed by atoms with Gasteiger partial charge in [0.15, 0.2) is 0 Å². The van der Waals surface area contributed by atoms with Gasteiger partial charge in [0.05, 0.1) is 18.8 Å². The van der Waals surface area contributed by atoms with E-state index in [1.807, 2.05) is 0 Å². The second kappa shape index (κ2) is 8.93. The Morgan fingerprint density at radius 1 is 1.05 bits per heavy atom. The van der Waals surface area contributed by atoms with Gasteiger partial charge < -0.3 is 15.2 Å². The van der Waals surface area contributed by atoms with Crippen LogP contribution in [0.4, 0.5) is 0 Å². The van der Waals surface area contributed by atoms with Crippen LogP contribution in [0, 0.1) is 17.3 Å². The molecule has 3 atom stereocenters. The minimum absolute atomic E-state index is 0.225. The Hall–Kier alpha value is -0.120. The summed E-state index contributed by atoms with van der Waals surface area (Å²) in [6.07, 6.45) is 0.853. The molecule has 0 aromatic rings. The number of aliphatic hydroxyl groups excluding tert-OH is 1. The molecule has 116 valence electrons. The summed E-state index contributed by atoms with van der Waals surface area (Å²) in [7, 11) is 0. The predicted molar refractivity (Wildman–Crippen MR) is 82.4 cm³/mol. The highest BCUT2D eigenvalue weighted by atomic mass is 16.5. The topological polar surface area (TPSA) is 41.5 Å². The lowest BCUT2D eigenvalue weighted by Gasteiger charge is -2.28. The van der Waals surface area contributed by atoms with Crippen LogP contribution in [-0.2, 0) is 4.74 Å². The van der Waals surface area contributed by atoms with Gasteiger partial charge in [-0.2, -0.15) is 0 Å². The van der Waals surface area contributed by atoms with Gasteiger partial charge in [-0.05, 0) is 37.1 Å². The van der Waals surface area contributed by atoms with Crippen molar-refractivity contribution in [1.82, 2.24) is 5.32 Å². The Balaban J connectivity index is 3.68. The van der Waals surface area contributed by atoms with Crippen molar-refractivity contribution in [2.24, 2.45) is 17.3 Å². The van der Waals surface area contributed by atoms with Crippen molar-refractivity contribution in [2.45, 2.75) is 67.1 Å². The Morgan fingerprint density at radius 3 is 2.11 bits per heavy atom. The van der Waals surface area contributed by atoms with Gasteiger partial charge in [-0.25, -0.2) is 0 Å². The first-order valence-electron chi connectivity index (χ1n) is 7.63. The van der Waals surface area contributed by atoms with E-state index in [2.05, 4.69) is 53.8 Å².